The van der Waals surface area contributed by atoms with E-state index in [-0.39, 0.29) is 17.9 Å². The third kappa shape index (κ3) is 6.17. The minimum Gasteiger partial charge on any atom is -0.348 e. The van der Waals surface area contributed by atoms with Crippen LogP contribution in [0.1, 0.15) is 55.2 Å². The SMILES string of the molecule is CCC1CC(=O)NC(n2nc(C)cc2NC(=O)C(=O)NCCC(c2ccccc2)c2ccccc2)N1. The van der Waals surface area contributed by atoms with Crippen LogP contribution in [-0.4, -0.2) is 40.1 Å². The molecular formula is C27H32N6O3. The molecule has 9 nitrogen and oxygen atoms in total. The van der Waals surface area contributed by atoms with E-state index in [1.165, 1.54) is 4.68 Å². The van der Waals surface area contributed by atoms with Crippen molar-refractivity contribution in [2.24, 2.45) is 0 Å². The second kappa shape index (κ2) is 11.6. The first-order valence-electron chi connectivity index (χ1n) is 12.2. The van der Waals surface area contributed by atoms with Gasteiger partial charge in [0, 0.05) is 31.0 Å². The molecule has 2 heterocycles. The highest BCUT2D eigenvalue weighted by molar-refractivity contribution is 6.39. The lowest BCUT2D eigenvalue weighted by atomic mass is 9.88. The number of nitrogens with zero attached hydrogens (tertiary/aromatic N) is 2. The Kier molecular flexibility index (Phi) is 8.12. The summed E-state index contributed by atoms with van der Waals surface area (Å²) in [6.07, 6.45) is 1.19. The predicted molar refractivity (Wildman–Crippen MR) is 137 cm³/mol. The Morgan fingerprint density at radius 1 is 1.06 bits per heavy atom. The van der Waals surface area contributed by atoms with Crippen LogP contribution in [0.15, 0.2) is 66.7 Å². The lowest BCUT2D eigenvalue weighted by Crippen LogP contribution is -2.53. The molecule has 0 aliphatic carbocycles. The molecule has 0 saturated carbocycles. The van der Waals surface area contributed by atoms with E-state index in [0.717, 1.165) is 17.5 Å². The van der Waals surface area contributed by atoms with Crippen LogP contribution >= 0.6 is 0 Å². The van der Waals surface area contributed by atoms with Crippen molar-refractivity contribution in [1.82, 2.24) is 25.7 Å². The topological polar surface area (TPSA) is 117 Å². The number of benzene rings is 2. The fourth-order valence-electron chi connectivity index (χ4n) is 4.44. The Labute approximate surface area is 210 Å². The number of carbonyl (C=O) groups is 3. The first-order chi connectivity index (χ1) is 17.4. The average Bonchev–Trinajstić information content (AvgIpc) is 3.26. The lowest BCUT2D eigenvalue weighted by molar-refractivity contribution is -0.136. The third-order valence-electron chi connectivity index (χ3n) is 6.29. The monoisotopic (exact) mass is 488 g/mol. The fourth-order valence-corrected chi connectivity index (χ4v) is 4.44. The summed E-state index contributed by atoms with van der Waals surface area (Å²) in [6.45, 7) is 4.10. The van der Waals surface area contributed by atoms with Crippen LogP contribution < -0.4 is 21.3 Å². The van der Waals surface area contributed by atoms with Crippen LogP contribution in [0.4, 0.5) is 5.82 Å². The molecule has 36 heavy (non-hydrogen) atoms. The third-order valence-corrected chi connectivity index (χ3v) is 6.29. The number of aryl methyl sites for hydroxylation is 1. The summed E-state index contributed by atoms with van der Waals surface area (Å²) < 4.78 is 1.49. The molecular weight excluding hydrogens is 456 g/mol. The molecule has 2 aromatic carbocycles. The van der Waals surface area contributed by atoms with Gasteiger partial charge in [-0.2, -0.15) is 5.10 Å². The Balaban J connectivity index is 1.38. The van der Waals surface area contributed by atoms with Gasteiger partial charge in [0.15, 0.2) is 6.29 Å². The second-order valence-corrected chi connectivity index (χ2v) is 8.93. The maximum atomic E-state index is 12.7. The van der Waals surface area contributed by atoms with Gasteiger partial charge in [0.2, 0.25) is 5.91 Å². The molecule has 0 spiro atoms. The molecule has 0 radical (unpaired) electrons. The van der Waals surface area contributed by atoms with E-state index in [9.17, 15) is 14.4 Å². The van der Waals surface area contributed by atoms with E-state index in [1.54, 1.807) is 13.0 Å². The summed E-state index contributed by atoms with van der Waals surface area (Å²) in [6, 6.07) is 21.9. The highest BCUT2D eigenvalue weighted by Crippen LogP contribution is 2.27. The molecule has 188 valence electrons. The zero-order chi connectivity index (χ0) is 25.5. The fraction of sp³-hybridized carbons (Fsp3) is 0.333. The number of rotatable bonds is 8. The molecule has 2 atom stereocenters. The van der Waals surface area contributed by atoms with E-state index in [2.05, 4.69) is 50.6 Å². The van der Waals surface area contributed by atoms with Crippen LogP contribution in [0.3, 0.4) is 0 Å². The summed E-state index contributed by atoms with van der Waals surface area (Å²) in [7, 11) is 0. The Morgan fingerprint density at radius 3 is 2.31 bits per heavy atom. The van der Waals surface area contributed by atoms with Gasteiger partial charge in [-0.25, -0.2) is 4.68 Å². The van der Waals surface area contributed by atoms with Crippen molar-refractivity contribution in [3.05, 3.63) is 83.6 Å². The zero-order valence-electron chi connectivity index (χ0n) is 20.5. The molecule has 1 fully saturated rings. The molecule has 3 amide bonds. The molecule has 1 saturated heterocycles. The summed E-state index contributed by atoms with van der Waals surface area (Å²) >= 11 is 0. The van der Waals surface area contributed by atoms with Crippen molar-refractivity contribution in [3.8, 4) is 0 Å². The molecule has 0 bridgehead atoms. The van der Waals surface area contributed by atoms with Gasteiger partial charge < -0.3 is 16.0 Å². The van der Waals surface area contributed by atoms with E-state index in [0.29, 0.717) is 30.9 Å². The minimum absolute atomic E-state index is 0.00211. The molecule has 4 rings (SSSR count). The average molecular weight is 489 g/mol. The van der Waals surface area contributed by atoms with Gasteiger partial charge in [-0.05, 0) is 30.9 Å². The first-order valence-corrected chi connectivity index (χ1v) is 12.2. The van der Waals surface area contributed by atoms with Crippen LogP contribution in [0.25, 0.3) is 0 Å². The molecule has 3 aromatic rings. The number of aromatic nitrogens is 2. The number of anilines is 1. The Hall–Kier alpha value is -3.98. The standard InChI is InChI=1S/C27H32N6O3/c1-3-21-17-24(34)31-27(29-21)33-23(16-18(2)32-33)30-26(36)25(35)28-15-14-22(19-10-6-4-7-11-19)20-12-8-5-9-13-20/h4-13,16,21-22,27,29H,3,14-15,17H2,1-2H3,(H,28,35)(H,30,36)(H,31,34). The molecule has 1 aromatic heterocycles. The van der Waals surface area contributed by atoms with Crippen molar-refractivity contribution < 1.29 is 14.4 Å². The van der Waals surface area contributed by atoms with Crippen LogP contribution in [0, 0.1) is 6.92 Å². The normalized spacial score (nSPS) is 17.5. The molecule has 2 unspecified atom stereocenters. The number of amides is 3. The van der Waals surface area contributed by atoms with Gasteiger partial charge in [0.05, 0.1) is 5.69 Å². The predicted octanol–water partition coefficient (Wildman–Crippen LogP) is 2.81. The number of hydrogen-bond donors (Lipinski definition) is 4. The van der Waals surface area contributed by atoms with Crippen LogP contribution in [0.2, 0.25) is 0 Å². The molecule has 9 heteroatoms. The summed E-state index contributed by atoms with van der Waals surface area (Å²) in [5, 5.41) is 15.9. The molecule has 4 N–H and O–H groups in total. The maximum Gasteiger partial charge on any atom is 0.314 e. The van der Waals surface area contributed by atoms with E-state index in [4.69, 9.17) is 0 Å². The highest BCUT2D eigenvalue weighted by Gasteiger charge is 2.28. The number of nitrogens with one attached hydrogen (secondary N) is 4. The maximum absolute atomic E-state index is 12.7. The largest absolute Gasteiger partial charge is 0.348 e. The van der Waals surface area contributed by atoms with Crippen LogP contribution in [0.5, 0.6) is 0 Å². The van der Waals surface area contributed by atoms with Gasteiger partial charge >= 0.3 is 11.8 Å². The Morgan fingerprint density at radius 2 is 1.69 bits per heavy atom. The van der Waals surface area contributed by atoms with Crippen LogP contribution in [-0.2, 0) is 14.4 Å². The van der Waals surface area contributed by atoms with Gasteiger partial charge in [-0.3, -0.25) is 19.7 Å². The number of hydrogen-bond acceptors (Lipinski definition) is 5. The second-order valence-electron chi connectivity index (χ2n) is 8.93. The number of carbonyl (C=O) groups excluding carboxylic acids is 3. The van der Waals surface area contributed by atoms with Crippen molar-refractivity contribution in [1.29, 1.82) is 0 Å². The van der Waals surface area contributed by atoms with E-state index < -0.39 is 18.1 Å². The summed E-state index contributed by atoms with van der Waals surface area (Å²) in [5.41, 5.74) is 2.94. The van der Waals surface area contributed by atoms with E-state index >= 15 is 0 Å². The quantitative estimate of drug-likeness (QED) is 0.364. The minimum atomic E-state index is -0.790. The van der Waals surface area contributed by atoms with Crippen molar-refractivity contribution in [2.45, 2.75) is 51.4 Å². The van der Waals surface area contributed by atoms with Gasteiger partial charge in [0.1, 0.15) is 5.82 Å². The smallest absolute Gasteiger partial charge is 0.314 e. The molecule has 1 aliphatic rings. The highest BCUT2D eigenvalue weighted by atomic mass is 16.2. The van der Waals surface area contributed by atoms with Gasteiger partial charge in [-0.1, -0.05) is 67.6 Å². The van der Waals surface area contributed by atoms with Crippen molar-refractivity contribution in [2.75, 3.05) is 11.9 Å². The van der Waals surface area contributed by atoms with Gasteiger partial charge in [0.25, 0.3) is 0 Å². The first kappa shape index (κ1) is 25.1. The molecule has 1 aliphatic heterocycles. The summed E-state index contributed by atoms with van der Waals surface area (Å²) in [4.78, 5) is 37.4. The lowest BCUT2D eigenvalue weighted by Gasteiger charge is -2.31. The van der Waals surface area contributed by atoms with Crippen molar-refractivity contribution >= 4 is 23.5 Å². The Bertz CT molecular complexity index is 1160. The van der Waals surface area contributed by atoms with Crippen molar-refractivity contribution in [3.63, 3.8) is 0 Å². The summed E-state index contributed by atoms with van der Waals surface area (Å²) in [5.74, 6) is -1.20. The van der Waals surface area contributed by atoms with Gasteiger partial charge in [-0.15, -0.1) is 0 Å². The van der Waals surface area contributed by atoms with E-state index in [1.807, 2.05) is 43.3 Å². The zero-order valence-corrected chi connectivity index (χ0v) is 20.5.